The summed E-state index contributed by atoms with van der Waals surface area (Å²) in [5, 5.41) is 16.7. The number of rotatable bonds is 7. The van der Waals surface area contributed by atoms with Crippen molar-refractivity contribution in [2.24, 2.45) is 5.10 Å². The van der Waals surface area contributed by atoms with Crippen LogP contribution < -0.4 is 19.6 Å². The molecule has 0 amide bonds. The molecule has 7 nitrogen and oxygen atoms in total. The summed E-state index contributed by atoms with van der Waals surface area (Å²) < 4.78 is 15.6. The van der Waals surface area contributed by atoms with Crippen LogP contribution in [-0.2, 0) is 0 Å². The third kappa shape index (κ3) is 4.12. The van der Waals surface area contributed by atoms with Crippen LogP contribution in [0.1, 0.15) is 5.56 Å². The van der Waals surface area contributed by atoms with Crippen molar-refractivity contribution >= 4 is 22.7 Å². The Labute approximate surface area is 160 Å². The largest absolute Gasteiger partial charge is 0.502 e. The maximum Gasteiger partial charge on any atom is 0.203 e. The monoisotopic (exact) mass is 385 g/mol. The highest BCUT2D eigenvalue weighted by Crippen LogP contribution is 2.36. The van der Waals surface area contributed by atoms with Gasteiger partial charge in [-0.1, -0.05) is 12.1 Å². The predicted molar refractivity (Wildman–Crippen MR) is 107 cm³/mol. The smallest absolute Gasteiger partial charge is 0.203 e. The SMILES string of the molecule is COc1ccccc1-c1csc(N/N=C\c2cc(OC)c(O)c(OC)c2)n1. The molecule has 2 aromatic carbocycles. The molecule has 0 bridgehead atoms. The molecule has 0 aliphatic rings. The second-order valence-electron chi connectivity index (χ2n) is 5.38. The summed E-state index contributed by atoms with van der Waals surface area (Å²) >= 11 is 1.44. The number of hydrogen-bond donors (Lipinski definition) is 2. The first kappa shape index (κ1) is 18.5. The Bertz CT molecular complexity index is 931. The number of hydrogen-bond acceptors (Lipinski definition) is 8. The lowest BCUT2D eigenvalue weighted by Crippen LogP contribution is -1.94. The maximum absolute atomic E-state index is 9.94. The van der Waals surface area contributed by atoms with E-state index in [-0.39, 0.29) is 5.75 Å². The van der Waals surface area contributed by atoms with Crippen molar-refractivity contribution in [1.29, 1.82) is 0 Å². The summed E-state index contributed by atoms with van der Waals surface area (Å²) in [6, 6.07) is 11.0. The standard InChI is InChI=1S/C19H19N3O4S/c1-24-15-7-5-4-6-13(15)14-11-27-19(21-14)22-20-10-12-8-16(25-2)18(23)17(9-12)26-3/h4-11,23H,1-3H3,(H,21,22)/b20-10-. The molecule has 0 spiro atoms. The van der Waals surface area contributed by atoms with Gasteiger partial charge in [0, 0.05) is 16.5 Å². The first-order valence-corrected chi connectivity index (χ1v) is 8.87. The summed E-state index contributed by atoms with van der Waals surface area (Å²) in [5.74, 6) is 1.33. The van der Waals surface area contributed by atoms with Crippen LogP contribution in [-0.4, -0.2) is 37.6 Å². The number of methoxy groups -OCH3 is 3. The maximum atomic E-state index is 9.94. The fourth-order valence-corrected chi connectivity index (χ4v) is 3.11. The van der Waals surface area contributed by atoms with Crippen molar-refractivity contribution in [3.63, 3.8) is 0 Å². The molecule has 0 radical (unpaired) electrons. The molecule has 8 heteroatoms. The zero-order valence-corrected chi connectivity index (χ0v) is 15.9. The van der Waals surface area contributed by atoms with Crippen molar-refractivity contribution in [1.82, 2.24) is 4.98 Å². The minimum absolute atomic E-state index is 0.0496. The lowest BCUT2D eigenvalue weighted by atomic mass is 10.1. The van der Waals surface area contributed by atoms with E-state index < -0.39 is 0 Å². The van der Waals surface area contributed by atoms with E-state index in [1.807, 2.05) is 29.6 Å². The molecule has 1 aromatic heterocycles. The number of nitrogens with zero attached hydrogens (tertiary/aromatic N) is 2. The highest BCUT2D eigenvalue weighted by molar-refractivity contribution is 7.14. The van der Waals surface area contributed by atoms with Crippen LogP contribution in [0.5, 0.6) is 23.0 Å². The average Bonchev–Trinajstić information content (AvgIpc) is 3.17. The number of thiazole rings is 1. The van der Waals surface area contributed by atoms with E-state index in [1.165, 1.54) is 25.6 Å². The van der Waals surface area contributed by atoms with Crippen LogP contribution >= 0.6 is 11.3 Å². The Morgan fingerprint density at radius 1 is 1.04 bits per heavy atom. The molecule has 0 atom stereocenters. The number of phenols is 1. The van der Waals surface area contributed by atoms with E-state index >= 15 is 0 Å². The van der Waals surface area contributed by atoms with Gasteiger partial charge in [-0.15, -0.1) is 11.3 Å². The van der Waals surface area contributed by atoms with E-state index in [9.17, 15) is 5.11 Å². The van der Waals surface area contributed by atoms with E-state index in [1.54, 1.807) is 25.5 Å². The minimum Gasteiger partial charge on any atom is -0.502 e. The average molecular weight is 385 g/mol. The first-order valence-electron chi connectivity index (χ1n) is 7.99. The topological polar surface area (TPSA) is 85.2 Å². The van der Waals surface area contributed by atoms with Crippen LogP contribution in [0, 0.1) is 0 Å². The Morgan fingerprint density at radius 2 is 1.70 bits per heavy atom. The fourth-order valence-electron chi connectivity index (χ4n) is 2.46. The van der Waals surface area contributed by atoms with Crippen molar-refractivity contribution in [2.45, 2.75) is 0 Å². The van der Waals surface area contributed by atoms with Crippen LogP contribution in [0.2, 0.25) is 0 Å². The zero-order chi connectivity index (χ0) is 19.2. The summed E-state index contributed by atoms with van der Waals surface area (Å²) in [6.07, 6.45) is 1.59. The summed E-state index contributed by atoms with van der Waals surface area (Å²) in [7, 11) is 4.58. The molecule has 0 unspecified atom stereocenters. The molecule has 0 saturated carbocycles. The summed E-state index contributed by atoms with van der Waals surface area (Å²) in [6.45, 7) is 0. The molecule has 3 rings (SSSR count). The number of hydrazone groups is 1. The van der Waals surface area contributed by atoms with Gasteiger partial charge in [0.25, 0.3) is 0 Å². The Hall–Kier alpha value is -3.26. The second kappa shape index (κ2) is 8.41. The van der Waals surface area contributed by atoms with Crippen LogP contribution in [0.3, 0.4) is 0 Å². The molecule has 2 N–H and O–H groups in total. The van der Waals surface area contributed by atoms with Gasteiger partial charge in [-0.3, -0.25) is 5.43 Å². The molecular weight excluding hydrogens is 366 g/mol. The van der Waals surface area contributed by atoms with Gasteiger partial charge in [0.15, 0.2) is 11.5 Å². The Kier molecular flexibility index (Phi) is 5.77. The zero-order valence-electron chi connectivity index (χ0n) is 15.1. The van der Waals surface area contributed by atoms with Gasteiger partial charge >= 0.3 is 0 Å². The minimum atomic E-state index is -0.0496. The van der Waals surface area contributed by atoms with Crippen molar-refractivity contribution in [3.05, 3.63) is 47.3 Å². The summed E-state index contributed by atoms with van der Waals surface area (Å²) in [4.78, 5) is 4.53. The first-order chi connectivity index (χ1) is 13.2. The lowest BCUT2D eigenvalue weighted by Gasteiger charge is -2.09. The number of anilines is 1. The van der Waals surface area contributed by atoms with Crippen LogP contribution in [0.25, 0.3) is 11.3 Å². The van der Waals surface area contributed by atoms with E-state index in [2.05, 4.69) is 15.5 Å². The third-order valence-electron chi connectivity index (χ3n) is 3.76. The molecule has 27 heavy (non-hydrogen) atoms. The highest BCUT2D eigenvalue weighted by Gasteiger charge is 2.11. The summed E-state index contributed by atoms with van der Waals surface area (Å²) in [5.41, 5.74) is 5.33. The van der Waals surface area contributed by atoms with Crippen molar-refractivity contribution < 1.29 is 19.3 Å². The Morgan fingerprint density at radius 3 is 2.37 bits per heavy atom. The van der Waals surface area contributed by atoms with Gasteiger partial charge in [0.1, 0.15) is 5.75 Å². The van der Waals surface area contributed by atoms with Crippen LogP contribution in [0.4, 0.5) is 5.13 Å². The van der Waals surface area contributed by atoms with Crippen molar-refractivity contribution in [3.8, 4) is 34.3 Å². The number of ether oxygens (including phenoxy) is 3. The van der Waals surface area contributed by atoms with E-state index in [0.717, 1.165) is 17.0 Å². The van der Waals surface area contributed by atoms with Gasteiger partial charge in [0.2, 0.25) is 10.9 Å². The van der Waals surface area contributed by atoms with Crippen LogP contribution in [0.15, 0.2) is 46.9 Å². The molecule has 0 fully saturated rings. The van der Waals surface area contributed by atoms with E-state index in [4.69, 9.17) is 14.2 Å². The lowest BCUT2D eigenvalue weighted by molar-refractivity contribution is 0.340. The quantitative estimate of drug-likeness (QED) is 0.473. The molecular formula is C19H19N3O4S. The molecule has 0 saturated heterocycles. The number of benzene rings is 2. The van der Waals surface area contributed by atoms with Crippen molar-refractivity contribution in [2.75, 3.05) is 26.8 Å². The third-order valence-corrected chi connectivity index (χ3v) is 4.51. The van der Waals surface area contributed by atoms with Gasteiger partial charge in [0.05, 0.1) is 33.2 Å². The molecule has 0 aliphatic heterocycles. The van der Waals surface area contributed by atoms with Gasteiger partial charge < -0.3 is 19.3 Å². The molecule has 140 valence electrons. The highest BCUT2D eigenvalue weighted by atomic mass is 32.1. The number of aromatic hydroxyl groups is 1. The second-order valence-corrected chi connectivity index (χ2v) is 6.24. The number of phenolic OH excluding ortho intramolecular Hbond substituents is 1. The fraction of sp³-hybridized carbons (Fsp3) is 0.158. The number of aromatic nitrogens is 1. The normalized spacial score (nSPS) is 10.8. The predicted octanol–water partition coefficient (Wildman–Crippen LogP) is 3.99. The number of nitrogens with one attached hydrogen (secondary N) is 1. The van der Waals surface area contributed by atoms with Gasteiger partial charge in [-0.25, -0.2) is 4.98 Å². The molecule has 3 aromatic rings. The van der Waals surface area contributed by atoms with E-state index in [0.29, 0.717) is 22.2 Å². The molecule has 1 heterocycles. The van der Waals surface area contributed by atoms with Gasteiger partial charge in [-0.05, 0) is 24.3 Å². The Balaban J connectivity index is 1.75. The molecule has 0 aliphatic carbocycles. The van der Waals surface area contributed by atoms with Gasteiger partial charge in [-0.2, -0.15) is 5.10 Å². The number of para-hydroxylation sites is 1.